The minimum atomic E-state index is -3.57. The highest BCUT2D eigenvalue weighted by molar-refractivity contribution is 7.93. The van der Waals surface area contributed by atoms with Crippen LogP contribution < -0.4 is 9.62 Å². The number of rotatable bonds is 4. The second kappa shape index (κ2) is 5.65. The molecular weight excluding hydrogens is 306 g/mol. The van der Waals surface area contributed by atoms with Crippen LogP contribution in [0, 0.1) is 6.92 Å². The third kappa shape index (κ3) is 3.03. The molecule has 1 saturated heterocycles. The van der Waals surface area contributed by atoms with Gasteiger partial charge in [0.15, 0.2) is 5.13 Å². The predicted octanol–water partition coefficient (Wildman–Crippen LogP) is 2.85. The molecule has 21 heavy (non-hydrogen) atoms. The molecule has 1 fully saturated rings. The standard InChI is InChI=1S/C14H17N3O2S2/c1-11-6-2-3-7-12(11)21(18,19)16-14-15-10-13(20-14)17-8-4-5-9-17/h2-3,6-7,10H,4-5,8-9H2,1H3,(H,15,16). The van der Waals surface area contributed by atoms with Crippen molar-refractivity contribution in [3.05, 3.63) is 36.0 Å². The second-order valence-electron chi connectivity index (χ2n) is 5.07. The first-order valence-corrected chi connectivity index (χ1v) is 9.15. The average Bonchev–Trinajstić information content (AvgIpc) is 3.09. The SMILES string of the molecule is Cc1ccccc1S(=O)(=O)Nc1ncc(N2CCCC2)s1. The summed E-state index contributed by atoms with van der Waals surface area (Å²) >= 11 is 1.38. The summed E-state index contributed by atoms with van der Waals surface area (Å²) in [4.78, 5) is 6.72. The summed E-state index contributed by atoms with van der Waals surface area (Å²) in [6.07, 6.45) is 4.11. The number of aryl methyl sites for hydroxylation is 1. The van der Waals surface area contributed by atoms with Crippen molar-refractivity contribution in [3.8, 4) is 0 Å². The van der Waals surface area contributed by atoms with Crippen LogP contribution in [-0.4, -0.2) is 26.5 Å². The molecule has 7 heteroatoms. The van der Waals surface area contributed by atoms with Crippen LogP contribution >= 0.6 is 11.3 Å². The van der Waals surface area contributed by atoms with Gasteiger partial charge in [-0.3, -0.25) is 4.72 Å². The van der Waals surface area contributed by atoms with E-state index >= 15 is 0 Å². The van der Waals surface area contributed by atoms with E-state index < -0.39 is 10.0 Å². The van der Waals surface area contributed by atoms with Gasteiger partial charge in [-0.05, 0) is 31.4 Å². The van der Waals surface area contributed by atoms with Crippen molar-refractivity contribution in [3.63, 3.8) is 0 Å². The van der Waals surface area contributed by atoms with Gasteiger partial charge in [-0.15, -0.1) is 0 Å². The Morgan fingerprint density at radius 3 is 2.67 bits per heavy atom. The first-order valence-electron chi connectivity index (χ1n) is 6.85. The number of nitrogens with zero attached hydrogens (tertiary/aromatic N) is 2. The van der Waals surface area contributed by atoms with E-state index in [1.165, 1.54) is 24.2 Å². The summed E-state index contributed by atoms with van der Waals surface area (Å²) in [5.74, 6) is 0. The Labute approximate surface area is 128 Å². The highest BCUT2D eigenvalue weighted by Gasteiger charge is 2.20. The number of nitrogens with one attached hydrogen (secondary N) is 1. The molecule has 1 aromatic heterocycles. The Hall–Kier alpha value is -1.60. The van der Waals surface area contributed by atoms with Crippen LogP contribution in [0.3, 0.4) is 0 Å². The summed E-state index contributed by atoms with van der Waals surface area (Å²) in [7, 11) is -3.57. The first kappa shape index (κ1) is 14.3. The smallest absolute Gasteiger partial charge is 0.263 e. The molecule has 3 rings (SSSR count). The summed E-state index contributed by atoms with van der Waals surface area (Å²) in [5.41, 5.74) is 0.723. The molecule has 0 amide bonds. The monoisotopic (exact) mass is 323 g/mol. The number of thiazole rings is 1. The highest BCUT2D eigenvalue weighted by atomic mass is 32.2. The minimum Gasteiger partial charge on any atom is -0.362 e. The van der Waals surface area contributed by atoms with E-state index in [-0.39, 0.29) is 0 Å². The van der Waals surface area contributed by atoms with E-state index in [1.54, 1.807) is 31.3 Å². The van der Waals surface area contributed by atoms with Crippen LogP contribution in [0.15, 0.2) is 35.4 Å². The molecule has 0 spiro atoms. The zero-order chi connectivity index (χ0) is 14.9. The van der Waals surface area contributed by atoms with Gasteiger partial charge in [0.1, 0.15) is 5.00 Å². The zero-order valence-electron chi connectivity index (χ0n) is 11.7. The van der Waals surface area contributed by atoms with Gasteiger partial charge < -0.3 is 4.90 Å². The Morgan fingerprint density at radius 1 is 1.24 bits per heavy atom. The van der Waals surface area contributed by atoms with E-state index in [9.17, 15) is 8.42 Å². The number of benzene rings is 1. The maximum absolute atomic E-state index is 12.4. The van der Waals surface area contributed by atoms with Crippen LogP contribution in [0.4, 0.5) is 10.1 Å². The Balaban J connectivity index is 1.81. The quantitative estimate of drug-likeness (QED) is 0.940. The van der Waals surface area contributed by atoms with Crippen molar-refractivity contribution < 1.29 is 8.42 Å². The van der Waals surface area contributed by atoms with Gasteiger partial charge >= 0.3 is 0 Å². The summed E-state index contributed by atoms with van der Waals surface area (Å²) < 4.78 is 27.4. The first-order chi connectivity index (χ1) is 10.1. The van der Waals surface area contributed by atoms with Gasteiger partial charge in [-0.2, -0.15) is 0 Å². The van der Waals surface area contributed by atoms with Gasteiger partial charge in [0.25, 0.3) is 10.0 Å². The Bertz CT molecular complexity index is 734. The molecule has 5 nitrogen and oxygen atoms in total. The topological polar surface area (TPSA) is 62.3 Å². The molecule has 0 radical (unpaired) electrons. The van der Waals surface area contributed by atoms with Crippen LogP contribution in [0.5, 0.6) is 0 Å². The van der Waals surface area contributed by atoms with Crippen molar-refractivity contribution in [2.75, 3.05) is 22.7 Å². The van der Waals surface area contributed by atoms with Gasteiger partial charge in [-0.1, -0.05) is 29.5 Å². The van der Waals surface area contributed by atoms with Gasteiger partial charge in [-0.25, -0.2) is 13.4 Å². The number of sulfonamides is 1. The van der Waals surface area contributed by atoms with Crippen molar-refractivity contribution in [1.82, 2.24) is 4.98 Å². The molecule has 0 saturated carbocycles. The van der Waals surface area contributed by atoms with E-state index in [0.29, 0.717) is 10.0 Å². The summed E-state index contributed by atoms with van der Waals surface area (Å²) in [6.45, 7) is 3.82. The number of hydrogen-bond donors (Lipinski definition) is 1. The minimum absolute atomic E-state index is 0.294. The van der Waals surface area contributed by atoms with Crippen LogP contribution in [0.1, 0.15) is 18.4 Å². The van der Waals surface area contributed by atoms with Crippen LogP contribution in [0.2, 0.25) is 0 Å². The molecule has 1 aliphatic heterocycles. The number of aromatic nitrogens is 1. The largest absolute Gasteiger partial charge is 0.362 e. The third-order valence-electron chi connectivity index (χ3n) is 3.52. The van der Waals surface area contributed by atoms with E-state index in [2.05, 4.69) is 14.6 Å². The normalized spacial score (nSPS) is 15.4. The lowest BCUT2D eigenvalue weighted by atomic mass is 10.2. The molecule has 0 unspecified atom stereocenters. The molecule has 0 bridgehead atoms. The van der Waals surface area contributed by atoms with Crippen molar-refractivity contribution in [1.29, 1.82) is 0 Å². The lowest BCUT2D eigenvalue weighted by molar-refractivity contribution is 0.600. The fourth-order valence-corrected chi connectivity index (χ4v) is 4.78. The predicted molar refractivity (Wildman–Crippen MR) is 85.5 cm³/mol. The van der Waals surface area contributed by atoms with Crippen molar-refractivity contribution in [2.45, 2.75) is 24.7 Å². The van der Waals surface area contributed by atoms with Crippen LogP contribution in [-0.2, 0) is 10.0 Å². The average molecular weight is 323 g/mol. The van der Waals surface area contributed by atoms with Gasteiger partial charge in [0, 0.05) is 13.1 Å². The fraction of sp³-hybridized carbons (Fsp3) is 0.357. The molecular formula is C14H17N3O2S2. The molecule has 2 heterocycles. The number of hydrogen-bond acceptors (Lipinski definition) is 5. The molecule has 1 N–H and O–H groups in total. The molecule has 1 aliphatic rings. The Morgan fingerprint density at radius 2 is 1.95 bits per heavy atom. The van der Waals surface area contributed by atoms with Crippen molar-refractivity contribution >= 4 is 31.5 Å². The maximum Gasteiger partial charge on any atom is 0.263 e. The number of anilines is 2. The third-order valence-corrected chi connectivity index (χ3v) is 6.12. The van der Waals surface area contributed by atoms with Gasteiger partial charge in [0.2, 0.25) is 0 Å². The summed E-state index contributed by atoms with van der Waals surface area (Å²) in [5, 5.41) is 1.44. The van der Waals surface area contributed by atoms with E-state index in [1.807, 2.05) is 6.07 Å². The maximum atomic E-state index is 12.4. The molecule has 0 aliphatic carbocycles. The van der Waals surface area contributed by atoms with Crippen molar-refractivity contribution in [2.24, 2.45) is 0 Å². The molecule has 1 aromatic carbocycles. The van der Waals surface area contributed by atoms with E-state index in [0.717, 1.165) is 23.7 Å². The highest BCUT2D eigenvalue weighted by Crippen LogP contribution is 2.31. The molecule has 2 aromatic rings. The van der Waals surface area contributed by atoms with E-state index in [4.69, 9.17) is 0 Å². The van der Waals surface area contributed by atoms with Gasteiger partial charge in [0.05, 0.1) is 11.1 Å². The van der Waals surface area contributed by atoms with Crippen LogP contribution in [0.25, 0.3) is 0 Å². The molecule has 0 atom stereocenters. The summed E-state index contributed by atoms with van der Waals surface area (Å²) in [6, 6.07) is 6.93. The lowest BCUT2D eigenvalue weighted by Gasteiger charge is -2.13. The Kier molecular flexibility index (Phi) is 3.86. The second-order valence-corrected chi connectivity index (χ2v) is 7.73. The fourth-order valence-electron chi connectivity index (χ4n) is 2.42. The lowest BCUT2D eigenvalue weighted by Crippen LogP contribution is -2.16. The zero-order valence-corrected chi connectivity index (χ0v) is 13.4. The molecule has 112 valence electrons.